The summed E-state index contributed by atoms with van der Waals surface area (Å²) < 4.78 is 11.1. The predicted molar refractivity (Wildman–Crippen MR) is 85.5 cm³/mol. The first-order valence-electron chi connectivity index (χ1n) is 7.32. The Morgan fingerprint density at radius 3 is 2.74 bits per heavy atom. The molecule has 2 aliphatic heterocycles. The van der Waals surface area contributed by atoms with E-state index in [-0.39, 0.29) is 11.9 Å². The molecule has 2 aliphatic rings. The van der Waals surface area contributed by atoms with E-state index in [2.05, 4.69) is 5.16 Å². The van der Waals surface area contributed by atoms with Gasteiger partial charge < -0.3 is 19.4 Å². The molecule has 0 spiro atoms. The molecule has 2 heterocycles. The molecule has 0 fully saturated rings. The van der Waals surface area contributed by atoms with Gasteiger partial charge in [0.2, 0.25) is 0 Å². The average Bonchev–Trinajstić information content (AvgIpc) is 3.06. The van der Waals surface area contributed by atoms with Crippen LogP contribution in [0, 0.1) is 0 Å². The van der Waals surface area contributed by atoms with Gasteiger partial charge in [0.15, 0.2) is 17.6 Å². The van der Waals surface area contributed by atoms with Gasteiger partial charge in [-0.15, -0.1) is 0 Å². The van der Waals surface area contributed by atoms with Crippen LogP contribution < -0.4 is 9.47 Å². The van der Waals surface area contributed by atoms with E-state index in [1.165, 1.54) is 0 Å². The lowest BCUT2D eigenvalue weighted by Crippen LogP contribution is -2.15. The Morgan fingerprint density at radius 2 is 1.87 bits per heavy atom. The van der Waals surface area contributed by atoms with Crippen molar-refractivity contribution in [1.29, 1.82) is 0 Å². The molecule has 0 aromatic heterocycles. The van der Waals surface area contributed by atoms with Gasteiger partial charge in [0.05, 0.1) is 5.71 Å². The van der Waals surface area contributed by atoms with Gasteiger partial charge in [-0.2, -0.15) is 0 Å². The second-order valence-electron chi connectivity index (χ2n) is 5.40. The number of ether oxygens (including phenoxy) is 2. The average molecular weight is 332 g/mol. The summed E-state index contributed by atoms with van der Waals surface area (Å²) in [4.78, 5) is 5.53. The van der Waals surface area contributed by atoms with Crippen molar-refractivity contribution in [2.75, 3.05) is 13.2 Å². The maximum atomic E-state index is 9.98. The molecule has 5 nitrogen and oxygen atoms in total. The van der Waals surface area contributed by atoms with Crippen LogP contribution >= 0.6 is 11.6 Å². The van der Waals surface area contributed by atoms with Crippen molar-refractivity contribution < 1.29 is 19.4 Å². The van der Waals surface area contributed by atoms with Gasteiger partial charge in [-0.05, 0) is 35.9 Å². The highest BCUT2D eigenvalue weighted by Crippen LogP contribution is 2.37. The number of oxime groups is 1. The third-order valence-corrected chi connectivity index (χ3v) is 4.11. The first kappa shape index (κ1) is 14.2. The molecular weight excluding hydrogens is 318 g/mol. The van der Waals surface area contributed by atoms with Crippen molar-refractivity contribution in [2.24, 2.45) is 5.16 Å². The highest BCUT2D eigenvalue weighted by atomic mass is 35.5. The summed E-state index contributed by atoms with van der Waals surface area (Å²) in [6, 6.07) is 10.6. The third-order valence-electron chi connectivity index (χ3n) is 3.88. The number of benzene rings is 2. The number of rotatable bonds is 2. The topological polar surface area (TPSA) is 60.3 Å². The van der Waals surface area contributed by atoms with Crippen molar-refractivity contribution in [2.45, 2.75) is 12.5 Å². The minimum atomic E-state index is -0.223. The first-order valence-corrected chi connectivity index (χ1v) is 7.69. The maximum absolute atomic E-state index is 9.98. The molecule has 0 unspecified atom stereocenters. The Bertz CT molecular complexity index is 790. The van der Waals surface area contributed by atoms with Crippen LogP contribution in [0.3, 0.4) is 0 Å². The SMILES string of the molecule is Oc1ccc(Cl)cc1C1=NO[C@@H](c2ccc3c(c2)OCCO3)C1. The lowest BCUT2D eigenvalue weighted by Gasteiger charge is -2.19. The molecule has 1 atom stereocenters. The molecule has 2 aromatic carbocycles. The number of hydrogen-bond donors (Lipinski definition) is 1. The molecule has 0 saturated heterocycles. The van der Waals surface area contributed by atoms with Gasteiger partial charge in [0.1, 0.15) is 19.0 Å². The Kier molecular flexibility index (Phi) is 3.50. The summed E-state index contributed by atoms with van der Waals surface area (Å²) in [6.45, 7) is 1.10. The van der Waals surface area contributed by atoms with E-state index in [1.807, 2.05) is 18.2 Å². The van der Waals surface area contributed by atoms with Crippen molar-refractivity contribution in [3.05, 3.63) is 52.5 Å². The summed E-state index contributed by atoms with van der Waals surface area (Å²) in [6.07, 6.45) is 0.326. The van der Waals surface area contributed by atoms with Crippen LogP contribution in [0.2, 0.25) is 5.02 Å². The molecule has 0 saturated carbocycles. The number of phenols is 1. The van der Waals surface area contributed by atoms with Crippen molar-refractivity contribution in [3.8, 4) is 17.2 Å². The molecular formula is C17H14ClNO4. The standard InChI is InChI=1S/C17H14ClNO4/c18-11-2-3-14(20)12(8-11)13-9-16(23-19-13)10-1-4-15-17(7-10)22-6-5-21-15/h1-4,7-8,16,20H,5-6,9H2/t16-/m1/s1. The number of phenolic OH excluding ortho intramolecular Hbond substituents is 1. The monoisotopic (exact) mass is 331 g/mol. The van der Waals surface area contributed by atoms with Gasteiger partial charge in [0, 0.05) is 17.0 Å². The third kappa shape index (κ3) is 2.68. The van der Waals surface area contributed by atoms with E-state index in [4.69, 9.17) is 25.9 Å². The van der Waals surface area contributed by atoms with Crippen LogP contribution in [0.15, 0.2) is 41.6 Å². The van der Waals surface area contributed by atoms with Crippen molar-refractivity contribution in [3.63, 3.8) is 0 Å². The Balaban J connectivity index is 1.57. The minimum absolute atomic E-state index is 0.138. The lowest BCUT2D eigenvalue weighted by molar-refractivity contribution is 0.0850. The molecule has 4 rings (SSSR count). The molecule has 6 heteroatoms. The largest absolute Gasteiger partial charge is 0.507 e. The van der Waals surface area contributed by atoms with Gasteiger partial charge in [-0.1, -0.05) is 22.8 Å². The molecule has 2 aromatic rings. The van der Waals surface area contributed by atoms with Crippen LogP contribution in [-0.4, -0.2) is 24.0 Å². The molecule has 0 radical (unpaired) electrons. The highest BCUT2D eigenvalue weighted by molar-refractivity contribution is 6.31. The highest BCUT2D eigenvalue weighted by Gasteiger charge is 2.27. The first-order chi connectivity index (χ1) is 11.2. The molecule has 0 amide bonds. The van der Waals surface area contributed by atoms with Crippen LogP contribution in [0.5, 0.6) is 17.2 Å². The summed E-state index contributed by atoms with van der Waals surface area (Å²) in [5.74, 6) is 1.60. The lowest BCUT2D eigenvalue weighted by atomic mass is 9.99. The van der Waals surface area contributed by atoms with E-state index >= 15 is 0 Å². The second kappa shape index (κ2) is 5.66. The van der Waals surface area contributed by atoms with Gasteiger partial charge in [0.25, 0.3) is 0 Å². The maximum Gasteiger partial charge on any atom is 0.161 e. The Hall–Kier alpha value is -2.40. The van der Waals surface area contributed by atoms with Crippen LogP contribution in [-0.2, 0) is 4.84 Å². The summed E-state index contributed by atoms with van der Waals surface area (Å²) >= 11 is 5.99. The summed E-state index contributed by atoms with van der Waals surface area (Å²) in [7, 11) is 0. The van der Waals surface area contributed by atoms with Crippen LogP contribution in [0.25, 0.3) is 0 Å². The number of hydrogen-bond acceptors (Lipinski definition) is 5. The Labute approximate surface area is 138 Å². The summed E-state index contributed by atoms with van der Waals surface area (Å²) in [5.41, 5.74) is 2.22. The number of aromatic hydroxyl groups is 1. The molecule has 23 heavy (non-hydrogen) atoms. The zero-order chi connectivity index (χ0) is 15.8. The zero-order valence-electron chi connectivity index (χ0n) is 12.2. The number of halogens is 1. The van der Waals surface area contributed by atoms with E-state index in [9.17, 15) is 5.11 Å². The fourth-order valence-corrected chi connectivity index (χ4v) is 2.89. The van der Waals surface area contributed by atoms with Crippen molar-refractivity contribution >= 4 is 17.3 Å². The Morgan fingerprint density at radius 1 is 1.04 bits per heavy atom. The van der Waals surface area contributed by atoms with E-state index in [0.717, 1.165) is 17.1 Å². The van der Waals surface area contributed by atoms with E-state index in [0.29, 0.717) is 35.9 Å². The van der Waals surface area contributed by atoms with Gasteiger partial charge in [-0.3, -0.25) is 0 Å². The number of nitrogens with zero attached hydrogens (tertiary/aromatic N) is 1. The molecule has 0 aliphatic carbocycles. The fraction of sp³-hybridized carbons (Fsp3) is 0.235. The van der Waals surface area contributed by atoms with Gasteiger partial charge >= 0.3 is 0 Å². The van der Waals surface area contributed by atoms with Crippen molar-refractivity contribution in [1.82, 2.24) is 0 Å². The van der Waals surface area contributed by atoms with E-state index < -0.39 is 0 Å². The minimum Gasteiger partial charge on any atom is -0.507 e. The van der Waals surface area contributed by atoms with E-state index in [1.54, 1.807) is 18.2 Å². The van der Waals surface area contributed by atoms with Gasteiger partial charge in [-0.25, -0.2) is 0 Å². The van der Waals surface area contributed by atoms with Crippen LogP contribution in [0.4, 0.5) is 0 Å². The smallest absolute Gasteiger partial charge is 0.161 e. The fourth-order valence-electron chi connectivity index (χ4n) is 2.71. The normalized spacial score (nSPS) is 19.2. The number of fused-ring (bicyclic) bond motifs is 1. The summed E-state index contributed by atoms with van der Waals surface area (Å²) in [5, 5.41) is 14.6. The zero-order valence-corrected chi connectivity index (χ0v) is 12.9. The second-order valence-corrected chi connectivity index (χ2v) is 5.84. The molecule has 118 valence electrons. The quantitative estimate of drug-likeness (QED) is 0.912. The molecule has 0 bridgehead atoms. The molecule has 1 N–H and O–H groups in total. The predicted octanol–water partition coefficient (Wildman–Crippen LogP) is 3.68. The van der Waals surface area contributed by atoms with Crippen LogP contribution in [0.1, 0.15) is 23.7 Å².